The monoisotopic (exact) mass is 464 g/mol. The second kappa shape index (κ2) is 11.7. The van der Waals surface area contributed by atoms with E-state index in [0.717, 1.165) is 44.3 Å². The van der Waals surface area contributed by atoms with Gasteiger partial charge in [-0.1, -0.05) is 30.1 Å². The molecule has 0 spiro atoms. The van der Waals surface area contributed by atoms with E-state index in [-0.39, 0.29) is 17.3 Å². The van der Waals surface area contributed by atoms with Crippen molar-refractivity contribution in [2.75, 3.05) is 13.2 Å². The van der Waals surface area contributed by atoms with E-state index in [0.29, 0.717) is 35.9 Å². The van der Waals surface area contributed by atoms with Gasteiger partial charge in [0.2, 0.25) is 0 Å². The smallest absolute Gasteiger partial charge is 0.142 e. The lowest BCUT2D eigenvalue weighted by Gasteiger charge is -2.42. The summed E-state index contributed by atoms with van der Waals surface area (Å²) in [5.74, 6) is 7.19. The number of halogens is 2. The first-order valence-electron chi connectivity index (χ1n) is 12.5. The number of ether oxygens (including phenoxy) is 2. The van der Waals surface area contributed by atoms with Crippen LogP contribution < -0.4 is 4.74 Å². The molecule has 0 heterocycles. The first kappa shape index (κ1) is 24.5. The maximum atomic E-state index is 15.0. The van der Waals surface area contributed by atoms with Gasteiger partial charge in [0.1, 0.15) is 24.0 Å². The van der Waals surface area contributed by atoms with Gasteiger partial charge in [-0.25, -0.2) is 8.78 Å². The first-order valence-corrected chi connectivity index (χ1v) is 12.5. The predicted molar refractivity (Wildman–Crippen MR) is 132 cm³/mol. The highest BCUT2D eigenvalue weighted by Gasteiger charge is 2.36. The standard InChI is InChI=1S/C30H34F2O2/c1-3-5-16-34-27-13-11-22(29(31)20-27)8-6-21-7-15-28(30(32)17-21)25-10-9-24-19-26(33-4-2)14-12-23(24)18-25/h3,5,7,11,13,15,17,20,23-26H,4,9-10,12,14,16,18-19H2,1-2H3/b5-3+. The van der Waals surface area contributed by atoms with Crippen LogP contribution in [-0.4, -0.2) is 19.3 Å². The molecule has 0 aliphatic heterocycles. The fraction of sp³-hybridized carbons (Fsp3) is 0.467. The van der Waals surface area contributed by atoms with Gasteiger partial charge in [0, 0.05) is 18.2 Å². The zero-order valence-corrected chi connectivity index (χ0v) is 20.2. The molecule has 0 radical (unpaired) electrons. The molecule has 34 heavy (non-hydrogen) atoms. The van der Waals surface area contributed by atoms with Gasteiger partial charge in [0.05, 0.1) is 11.7 Å². The minimum Gasteiger partial charge on any atom is -0.489 e. The Balaban J connectivity index is 1.40. The van der Waals surface area contributed by atoms with Crippen molar-refractivity contribution in [1.82, 2.24) is 0 Å². The van der Waals surface area contributed by atoms with Crippen LogP contribution in [0.5, 0.6) is 5.75 Å². The van der Waals surface area contributed by atoms with Gasteiger partial charge in [-0.05, 0) is 100.0 Å². The van der Waals surface area contributed by atoms with E-state index in [1.165, 1.54) is 18.6 Å². The molecule has 2 fully saturated rings. The zero-order valence-electron chi connectivity index (χ0n) is 20.2. The minimum absolute atomic E-state index is 0.202. The van der Waals surface area contributed by atoms with Crippen LogP contribution in [0.15, 0.2) is 48.6 Å². The maximum absolute atomic E-state index is 15.0. The van der Waals surface area contributed by atoms with E-state index in [1.54, 1.807) is 12.1 Å². The normalized spacial score (nSPS) is 24.4. The van der Waals surface area contributed by atoms with Crippen molar-refractivity contribution in [2.45, 2.75) is 64.4 Å². The fourth-order valence-electron chi connectivity index (χ4n) is 5.52. The van der Waals surface area contributed by atoms with Gasteiger partial charge < -0.3 is 9.47 Å². The molecule has 0 amide bonds. The Morgan fingerprint density at radius 1 is 0.941 bits per heavy atom. The van der Waals surface area contributed by atoms with Crippen LogP contribution in [0, 0.1) is 35.3 Å². The number of allylic oxidation sites excluding steroid dienone is 1. The van der Waals surface area contributed by atoms with E-state index >= 15 is 4.39 Å². The molecular formula is C30H34F2O2. The molecule has 4 atom stereocenters. The van der Waals surface area contributed by atoms with E-state index in [9.17, 15) is 4.39 Å². The summed E-state index contributed by atoms with van der Waals surface area (Å²) in [5, 5.41) is 0. The Hall–Kier alpha value is -2.64. The van der Waals surface area contributed by atoms with Crippen molar-refractivity contribution in [3.8, 4) is 17.6 Å². The second-order valence-corrected chi connectivity index (χ2v) is 9.43. The Bertz CT molecular complexity index is 1070. The van der Waals surface area contributed by atoms with Crippen LogP contribution >= 0.6 is 0 Å². The average molecular weight is 465 g/mol. The van der Waals surface area contributed by atoms with E-state index < -0.39 is 5.82 Å². The third-order valence-corrected chi connectivity index (χ3v) is 7.27. The summed E-state index contributed by atoms with van der Waals surface area (Å²) in [6, 6.07) is 9.85. The Morgan fingerprint density at radius 3 is 2.53 bits per heavy atom. The summed E-state index contributed by atoms with van der Waals surface area (Å²) >= 11 is 0. The van der Waals surface area contributed by atoms with Crippen LogP contribution in [0.2, 0.25) is 0 Å². The van der Waals surface area contributed by atoms with Crippen LogP contribution in [0.3, 0.4) is 0 Å². The molecule has 2 aromatic carbocycles. The molecule has 0 aromatic heterocycles. The van der Waals surface area contributed by atoms with E-state index in [2.05, 4.69) is 18.8 Å². The molecule has 4 rings (SSSR count). The van der Waals surface area contributed by atoms with Gasteiger partial charge in [0.15, 0.2) is 0 Å². The van der Waals surface area contributed by atoms with Crippen LogP contribution in [0.1, 0.15) is 75.0 Å². The van der Waals surface area contributed by atoms with Crippen molar-refractivity contribution in [3.05, 3.63) is 76.9 Å². The molecule has 0 bridgehead atoms. The highest BCUT2D eigenvalue weighted by molar-refractivity contribution is 5.46. The largest absolute Gasteiger partial charge is 0.489 e. The van der Waals surface area contributed by atoms with Gasteiger partial charge >= 0.3 is 0 Å². The third kappa shape index (κ3) is 6.07. The Labute approximate surface area is 202 Å². The van der Waals surface area contributed by atoms with Crippen LogP contribution in [0.25, 0.3) is 0 Å². The molecule has 2 aromatic rings. The van der Waals surface area contributed by atoms with Crippen molar-refractivity contribution >= 4 is 0 Å². The second-order valence-electron chi connectivity index (χ2n) is 9.43. The average Bonchev–Trinajstić information content (AvgIpc) is 2.84. The lowest BCUT2D eigenvalue weighted by Crippen LogP contribution is -2.33. The summed E-state index contributed by atoms with van der Waals surface area (Å²) < 4.78 is 40.7. The van der Waals surface area contributed by atoms with Crippen molar-refractivity contribution in [2.24, 2.45) is 11.8 Å². The molecule has 2 saturated carbocycles. The summed E-state index contributed by atoms with van der Waals surface area (Å²) in [6.45, 7) is 5.14. The molecule has 4 unspecified atom stereocenters. The first-order chi connectivity index (χ1) is 16.6. The molecule has 0 saturated heterocycles. The Morgan fingerprint density at radius 2 is 1.76 bits per heavy atom. The lowest BCUT2D eigenvalue weighted by atomic mass is 9.65. The topological polar surface area (TPSA) is 18.5 Å². The van der Waals surface area contributed by atoms with Crippen molar-refractivity contribution < 1.29 is 18.3 Å². The van der Waals surface area contributed by atoms with Gasteiger partial charge in [0.25, 0.3) is 0 Å². The summed E-state index contributed by atoms with van der Waals surface area (Å²) in [6.07, 6.45) is 10.8. The molecule has 2 aliphatic rings. The third-order valence-electron chi connectivity index (χ3n) is 7.27. The van der Waals surface area contributed by atoms with Crippen LogP contribution in [-0.2, 0) is 4.74 Å². The van der Waals surface area contributed by atoms with Crippen LogP contribution in [0.4, 0.5) is 8.78 Å². The van der Waals surface area contributed by atoms with E-state index in [4.69, 9.17) is 9.47 Å². The lowest BCUT2D eigenvalue weighted by molar-refractivity contribution is -0.00968. The molecular weight excluding hydrogens is 430 g/mol. The quantitative estimate of drug-likeness (QED) is 0.327. The molecule has 2 aliphatic carbocycles. The predicted octanol–water partition coefficient (Wildman–Crippen LogP) is 7.41. The highest BCUT2D eigenvalue weighted by atomic mass is 19.1. The number of hydrogen-bond donors (Lipinski definition) is 0. The molecule has 0 N–H and O–H groups in total. The zero-order chi connectivity index (χ0) is 23.9. The van der Waals surface area contributed by atoms with Crippen molar-refractivity contribution in [3.63, 3.8) is 0 Å². The van der Waals surface area contributed by atoms with E-state index in [1.807, 2.05) is 31.2 Å². The SMILES string of the molecule is C/C=C/COc1ccc(C#Cc2ccc(C3CCC4CC(OCC)CCC4C3)c(F)c2)c(F)c1. The van der Waals surface area contributed by atoms with Gasteiger partial charge in [-0.3, -0.25) is 0 Å². The van der Waals surface area contributed by atoms with Gasteiger partial charge in [-0.2, -0.15) is 0 Å². The fourth-order valence-corrected chi connectivity index (χ4v) is 5.52. The summed E-state index contributed by atoms with van der Waals surface area (Å²) in [7, 11) is 0. The van der Waals surface area contributed by atoms with Gasteiger partial charge in [-0.15, -0.1) is 0 Å². The van der Waals surface area contributed by atoms with Crippen molar-refractivity contribution in [1.29, 1.82) is 0 Å². The maximum Gasteiger partial charge on any atom is 0.142 e. The Kier molecular flexibility index (Phi) is 8.40. The molecule has 180 valence electrons. The summed E-state index contributed by atoms with van der Waals surface area (Å²) in [4.78, 5) is 0. The number of fused-ring (bicyclic) bond motifs is 1. The summed E-state index contributed by atoms with van der Waals surface area (Å²) in [5.41, 5.74) is 1.62. The minimum atomic E-state index is -0.446. The number of benzene rings is 2. The molecule has 4 heteroatoms. The number of rotatable bonds is 6. The molecule has 2 nitrogen and oxygen atoms in total. The highest BCUT2D eigenvalue weighted by Crippen LogP contribution is 2.47. The number of hydrogen-bond acceptors (Lipinski definition) is 2.